The fraction of sp³-hybridized carbons (Fsp3) is 0.308. The molecule has 3 heteroatoms. The van der Waals surface area contributed by atoms with Crippen molar-refractivity contribution in [3.63, 3.8) is 0 Å². The lowest BCUT2D eigenvalue weighted by molar-refractivity contribution is -0.124. The van der Waals surface area contributed by atoms with E-state index in [0.717, 1.165) is 0 Å². The zero-order valence-electron chi connectivity index (χ0n) is 9.53. The van der Waals surface area contributed by atoms with Crippen LogP contribution in [0.15, 0.2) is 24.3 Å². The van der Waals surface area contributed by atoms with Crippen molar-refractivity contribution in [1.29, 1.82) is 0 Å². The summed E-state index contributed by atoms with van der Waals surface area (Å²) < 4.78 is 0. The number of amides is 1. The molecule has 0 saturated heterocycles. The Hall–Kier alpha value is -1.95. The van der Waals surface area contributed by atoms with E-state index < -0.39 is 0 Å². The number of nitrogens with zero attached hydrogens (tertiary/aromatic N) is 1. The molecule has 1 rings (SSSR count). The van der Waals surface area contributed by atoms with Gasteiger partial charge in [0, 0.05) is 19.0 Å². The maximum atomic E-state index is 11.6. The van der Waals surface area contributed by atoms with Gasteiger partial charge in [-0.05, 0) is 26.0 Å². The fourth-order valence-corrected chi connectivity index (χ4v) is 1.29. The van der Waals surface area contributed by atoms with Crippen LogP contribution >= 0.6 is 0 Å². The van der Waals surface area contributed by atoms with Gasteiger partial charge in [-0.3, -0.25) is 4.79 Å². The van der Waals surface area contributed by atoms with E-state index in [0.29, 0.717) is 18.7 Å². The van der Waals surface area contributed by atoms with Crippen molar-refractivity contribution in [2.24, 2.45) is 0 Å². The Morgan fingerprint density at radius 3 is 2.50 bits per heavy atom. The van der Waals surface area contributed by atoms with E-state index in [9.17, 15) is 9.90 Å². The summed E-state index contributed by atoms with van der Waals surface area (Å²) in [6, 6.07) is 6.71. The molecule has 1 amide bonds. The van der Waals surface area contributed by atoms with E-state index in [4.69, 9.17) is 0 Å². The summed E-state index contributed by atoms with van der Waals surface area (Å²) in [5.41, 5.74) is 0.475. The average Bonchev–Trinajstić information content (AvgIpc) is 2.29. The van der Waals surface area contributed by atoms with Crippen LogP contribution in [-0.4, -0.2) is 29.0 Å². The van der Waals surface area contributed by atoms with Crippen LogP contribution in [0.5, 0.6) is 5.75 Å². The highest BCUT2D eigenvalue weighted by Crippen LogP contribution is 2.13. The molecule has 0 unspecified atom stereocenters. The highest BCUT2D eigenvalue weighted by Gasteiger charge is 2.04. The molecule has 0 bridgehead atoms. The minimum Gasteiger partial charge on any atom is -0.507 e. The van der Waals surface area contributed by atoms with Crippen LogP contribution in [0.25, 0.3) is 0 Å². The molecule has 0 fully saturated rings. The first-order valence-corrected chi connectivity index (χ1v) is 5.28. The van der Waals surface area contributed by atoms with Crippen LogP contribution in [0.4, 0.5) is 0 Å². The molecule has 0 heterocycles. The molecule has 3 nitrogen and oxygen atoms in total. The van der Waals surface area contributed by atoms with Crippen molar-refractivity contribution >= 4 is 5.91 Å². The summed E-state index contributed by atoms with van der Waals surface area (Å²) in [5.74, 6) is 5.07. The molecular formula is C13H15NO2. The molecule has 0 aliphatic rings. The summed E-state index contributed by atoms with van der Waals surface area (Å²) in [6.45, 7) is 5.10. The first-order valence-electron chi connectivity index (χ1n) is 5.28. The van der Waals surface area contributed by atoms with Gasteiger partial charge in [0.2, 0.25) is 0 Å². The summed E-state index contributed by atoms with van der Waals surface area (Å²) in [4.78, 5) is 13.2. The summed E-state index contributed by atoms with van der Waals surface area (Å²) in [5, 5.41) is 9.45. The minimum absolute atomic E-state index is 0.0994. The lowest BCUT2D eigenvalue weighted by atomic mass is 10.2. The van der Waals surface area contributed by atoms with E-state index in [2.05, 4.69) is 11.8 Å². The van der Waals surface area contributed by atoms with Crippen LogP contribution in [-0.2, 0) is 4.79 Å². The van der Waals surface area contributed by atoms with E-state index in [1.807, 2.05) is 13.8 Å². The van der Waals surface area contributed by atoms with Crippen LogP contribution in [0, 0.1) is 11.8 Å². The number of carbonyl (C=O) groups excluding carboxylic acids is 1. The largest absolute Gasteiger partial charge is 0.507 e. The van der Waals surface area contributed by atoms with E-state index in [1.54, 1.807) is 29.2 Å². The number of hydrogen-bond acceptors (Lipinski definition) is 2. The lowest BCUT2D eigenvalue weighted by Gasteiger charge is -2.14. The normalized spacial score (nSPS) is 9.12. The number of rotatable bonds is 2. The minimum atomic E-state index is -0.215. The first kappa shape index (κ1) is 12.1. The summed E-state index contributed by atoms with van der Waals surface area (Å²) >= 11 is 0. The zero-order valence-corrected chi connectivity index (χ0v) is 9.53. The zero-order chi connectivity index (χ0) is 12.0. The van der Waals surface area contributed by atoms with E-state index in [-0.39, 0.29) is 11.7 Å². The van der Waals surface area contributed by atoms with Crippen LogP contribution < -0.4 is 0 Å². The Morgan fingerprint density at radius 2 is 1.94 bits per heavy atom. The molecule has 0 aliphatic heterocycles. The van der Waals surface area contributed by atoms with Crippen molar-refractivity contribution in [1.82, 2.24) is 4.90 Å². The van der Waals surface area contributed by atoms with Gasteiger partial charge in [0.25, 0.3) is 5.91 Å². The SMILES string of the molecule is CCN(CC)C(=O)C#Cc1ccccc1O. The molecule has 1 aromatic rings. The summed E-state index contributed by atoms with van der Waals surface area (Å²) in [6.07, 6.45) is 0. The number of benzene rings is 1. The highest BCUT2D eigenvalue weighted by molar-refractivity contribution is 5.94. The molecule has 0 spiro atoms. The average molecular weight is 217 g/mol. The predicted octanol–water partition coefficient (Wildman–Crippen LogP) is 1.61. The molecule has 0 saturated carbocycles. The standard InChI is InChI=1S/C13H15NO2/c1-3-14(4-2)13(16)10-9-11-7-5-6-8-12(11)15/h5-8,15H,3-4H2,1-2H3. The maximum Gasteiger partial charge on any atom is 0.298 e. The molecule has 1 N–H and O–H groups in total. The third-order valence-electron chi connectivity index (χ3n) is 2.26. The van der Waals surface area contributed by atoms with Crippen LogP contribution in [0.3, 0.4) is 0 Å². The lowest BCUT2D eigenvalue weighted by Crippen LogP contribution is -2.29. The summed E-state index contributed by atoms with van der Waals surface area (Å²) in [7, 11) is 0. The van der Waals surface area contributed by atoms with Gasteiger partial charge >= 0.3 is 0 Å². The van der Waals surface area contributed by atoms with Gasteiger partial charge in [-0.25, -0.2) is 0 Å². The van der Waals surface area contributed by atoms with Gasteiger partial charge in [0.15, 0.2) is 0 Å². The Morgan fingerprint density at radius 1 is 1.31 bits per heavy atom. The van der Waals surface area contributed by atoms with Crippen molar-refractivity contribution in [3.8, 4) is 17.6 Å². The monoisotopic (exact) mass is 217 g/mol. The van der Waals surface area contributed by atoms with Gasteiger partial charge in [-0.15, -0.1) is 0 Å². The van der Waals surface area contributed by atoms with Gasteiger partial charge in [0.05, 0.1) is 5.56 Å². The number of phenols is 1. The second-order valence-corrected chi connectivity index (χ2v) is 3.24. The quantitative estimate of drug-likeness (QED) is 0.765. The molecule has 0 atom stereocenters. The van der Waals surface area contributed by atoms with Crippen molar-refractivity contribution in [2.45, 2.75) is 13.8 Å². The third kappa shape index (κ3) is 3.03. The van der Waals surface area contributed by atoms with Gasteiger partial charge in [-0.2, -0.15) is 0 Å². The fourth-order valence-electron chi connectivity index (χ4n) is 1.29. The van der Waals surface area contributed by atoms with Crippen LogP contribution in [0.2, 0.25) is 0 Å². The third-order valence-corrected chi connectivity index (χ3v) is 2.26. The number of phenolic OH excluding ortho intramolecular Hbond substituents is 1. The molecule has 84 valence electrons. The molecule has 0 aromatic heterocycles. The molecule has 1 aromatic carbocycles. The predicted molar refractivity (Wildman–Crippen MR) is 62.9 cm³/mol. The Labute approximate surface area is 95.7 Å². The smallest absolute Gasteiger partial charge is 0.298 e. The second-order valence-electron chi connectivity index (χ2n) is 3.24. The Balaban J connectivity index is 2.82. The van der Waals surface area contributed by atoms with Crippen molar-refractivity contribution in [3.05, 3.63) is 29.8 Å². The second kappa shape index (κ2) is 5.82. The van der Waals surface area contributed by atoms with Gasteiger partial charge < -0.3 is 10.0 Å². The molecular weight excluding hydrogens is 202 g/mol. The van der Waals surface area contributed by atoms with E-state index in [1.165, 1.54) is 0 Å². The van der Waals surface area contributed by atoms with Gasteiger partial charge in [0.1, 0.15) is 5.75 Å². The molecule has 0 aliphatic carbocycles. The van der Waals surface area contributed by atoms with Crippen LogP contribution in [0.1, 0.15) is 19.4 Å². The Kier molecular flexibility index (Phi) is 4.41. The van der Waals surface area contributed by atoms with Gasteiger partial charge in [-0.1, -0.05) is 18.1 Å². The first-order chi connectivity index (χ1) is 7.69. The molecule has 16 heavy (non-hydrogen) atoms. The highest BCUT2D eigenvalue weighted by atomic mass is 16.3. The topological polar surface area (TPSA) is 40.5 Å². The number of carbonyl (C=O) groups is 1. The number of aromatic hydroxyl groups is 1. The van der Waals surface area contributed by atoms with E-state index >= 15 is 0 Å². The van der Waals surface area contributed by atoms with Crippen molar-refractivity contribution < 1.29 is 9.90 Å². The van der Waals surface area contributed by atoms with Crippen molar-refractivity contribution in [2.75, 3.05) is 13.1 Å². The number of para-hydroxylation sites is 1. The maximum absolute atomic E-state index is 11.6. The molecule has 0 radical (unpaired) electrons. The number of hydrogen-bond donors (Lipinski definition) is 1. The Bertz CT molecular complexity index is 425.